The third-order valence-electron chi connectivity index (χ3n) is 2.55. The van der Waals surface area contributed by atoms with Gasteiger partial charge < -0.3 is 9.84 Å². The van der Waals surface area contributed by atoms with Gasteiger partial charge in [0.25, 0.3) is 0 Å². The van der Waals surface area contributed by atoms with Crippen LogP contribution in [0.2, 0.25) is 0 Å². The van der Waals surface area contributed by atoms with Crippen LogP contribution in [0.3, 0.4) is 0 Å². The summed E-state index contributed by atoms with van der Waals surface area (Å²) in [6, 6.07) is 1.69. The fourth-order valence-electron chi connectivity index (χ4n) is 1.73. The van der Waals surface area contributed by atoms with Crippen LogP contribution in [0.25, 0.3) is 0 Å². The Morgan fingerprint density at radius 3 is 2.86 bits per heavy atom. The van der Waals surface area contributed by atoms with Crippen molar-refractivity contribution in [2.45, 2.75) is 20.3 Å². The van der Waals surface area contributed by atoms with E-state index in [1.165, 1.54) is 0 Å². The molecule has 0 aliphatic carbocycles. The second-order valence-corrected chi connectivity index (χ2v) is 3.57. The molecule has 0 spiro atoms. The van der Waals surface area contributed by atoms with Crippen LogP contribution in [-0.2, 0) is 0 Å². The molecule has 1 aromatic carbocycles. The molecule has 1 aliphatic rings. The van der Waals surface area contributed by atoms with Crippen molar-refractivity contribution in [1.29, 1.82) is 0 Å². The lowest BCUT2D eigenvalue weighted by Gasteiger charge is -2.19. The number of fused-ring (bicyclic) bond motifs is 1. The highest BCUT2D eigenvalue weighted by atomic mass is 16.5. The van der Waals surface area contributed by atoms with Gasteiger partial charge in [-0.05, 0) is 25.5 Å². The number of phenols is 1. The van der Waals surface area contributed by atoms with E-state index in [2.05, 4.69) is 0 Å². The van der Waals surface area contributed by atoms with Crippen LogP contribution < -0.4 is 4.74 Å². The van der Waals surface area contributed by atoms with Crippen molar-refractivity contribution in [3.8, 4) is 11.5 Å². The number of carbonyl (C=O) groups is 1. The average molecular weight is 192 g/mol. The molecule has 0 amide bonds. The minimum atomic E-state index is 0.0949. The quantitative estimate of drug-likeness (QED) is 0.683. The molecule has 0 unspecified atom stereocenters. The number of hydrogen-bond donors (Lipinski definition) is 1. The highest BCUT2D eigenvalue weighted by Gasteiger charge is 2.22. The Hall–Kier alpha value is -1.51. The highest BCUT2D eigenvalue weighted by Crippen LogP contribution is 2.36. The summed E-state index contributed by atoms with van der Waals surface area (Å²) in [6.07, 6.45) is 0.427. The van der Waals surface area contributed by atoms with Gasteiger partial charge >= 0.3 is 0 Å². The molecule has 0 saturated carbocycles. The molecule has 1 heterocycles. The van der Waals surface area contributed by atoms with Gasteiger partial charge in [0.1, 0.15) is 11.5 Å². The van der Waals surface area contributed by atoms with E-state index in [1.807, 2.05) is 0 Å². The van der Waals surface area contributed by atoms with Gasteiger partial charge in [-0.25, -0.2) is 0 Å². The molecule has 1 N–H and O–H groups in total. The molecular weight excluding hydrogens is 180 g/mol. The summed E-state index contributed by atoms with van der Waals surface area (Å²) in [4.78, 5) is 11.5. The zero-order valence-corrected chi connectivity index (χ0v) is 8.26. The van der Waals surface area contributed by atoms with Crippen LogP contribution in [0.1, 0.15) is 27.9 Å². The summed E-state index contributed by atoms with van der Waals surface area (Å²) in [5, 5.41) is 9.66. The first-order valence-corrected chi connectivity index (χ1v) is 4.60. The molecule has 0 fully saturated rings. The fourth-order valence-corrected chi connectivity index (χ4v) is 1.73. The standard InChI is InChI=1S/C11H12O3/c1-6-5-8-9(12)3-4-14-11(8)7(2)10(6)13/h5,13H,3-4H2,1-2H3. The first-order valence-electron chi connectivity index (χ1n) is 4.60. The minimum Gasteiger partial charge on any atom is -0.507 e. The minimum absolute atomic E-state index is 0.0949. The number of ether oxygens (including phenoxy) is 1. The van der Waals surface area contributed by atoms with E-state index < -0.39 is 0 Å². The summed E-state index contributed by atoms with van der Waals surface area (Å²) in [5.74, 6) is 0.861. The van der Waals surface area contributed by atoms with E-state index in [4.69, 9.17) is 4.74 Å². The molecule has 0 aromatic heterocycles. The predicted molar refractivity (Wildman–Crippen MR) is 52.0 cm³/mol. The van der Waals surface area contributed by atoms with Crippen LogP contribution in [0.15, 0.2) is 6.07 Å². The number of phenolic OH excluding ortho intramolecular Hbond substituents is 1. The van der Waals surface area contributed by atoms with E-state index in [0.717, 1.165) is 5.56 Å². The van der Waals surface area contributed by atoms with Crippen LogP contribution in [0.4, 0.5) is 0 Å². The van der Waals surface area contributed by atoms with Crippen molar-refractivity contribution >= 4 is 5.78 Å². The normalized spacial score (nSPS) is 14.9. The monoisotopic (exact) mass is 192 g/mol. The molecule has 74 valence electrons. The largest absolute Gasteiger partial charge is 0.507 e. The van der Waals surface area contributed by atoms with Crippen LogP contribution >= 0.6 is 0 Å². The Kier molecular flexibility index (Phi) is 1.95. The number of aromatic hydroxyl groups is 1. The van der Waals surface area contributed by atoms with Crippen molar-refractivity contribution in [2.24, 2.45) is 0 Å². The Balaban J connectivity index is 2.69. The molecule has 3 nitrogen and oxygen atoms in total. The molecular formula is C11H12O3. The molecule has 0 bridgehead atoms. The summed E-state index contributed by atoms with van der Waals surface area (Å²) in [5.41, 5.74) is 1.98. The number of carbonyl (C=O) groups excluding carboxylic acids is 1. The van der Waals surface area contributed by atoms with Gasteiger partial charge in [0.15, 0.2) is 5.78 Å². The fraction of sp³-hybridized carbons (Fsp3) is 0.364. The Morgan fingerprint density at radius 1 is 1.43 bits per heavy atom. The summed E-state index contributed by atoms with van der Waals surface area (Å²) >= 11 is 0. The number of hydrogen-bond acceptors (Lipinski definition) is 3. The van der Waals surface area contributed by atoms with E-state index in [1.54, 1.807) is 19.9 Å². The van der Waals surface area contributed by atoms with Crippen molar-refractivity contribution < 1.29 is 14.6 Å². The maximum absolute atomic E-state index is 11.5. The number of benzene rings is 1. The average Bonchev–Trinajstić information content (AvgIpc) is 2.17. The molecule has 1 aromatic rings. The molecule has 0 saturated heterocycles. The van der Waals surface area contributed by atoms with Crippen LogP contribution in [0.5, 0.6) is 11.5 Å². The van der Waals surface area contributed by atoms with Gasteiger partial charge in [0, 0.05) is 12.0 Å². The molecule has 14 heavy (non-hydrogen) atoms. The van der Waals surface area contributed by atoms with Gasteiger partial charge in [-0.2, -0.15) is 0 Å². The Morgan fingerprint density at radius 2 is 2.14 bits per heavy atom. The second kappa shape index (κ2) is 3.01. The van der Waals surface area contributed by atoms with Gasteiger partial charge in [-0.15, -0.1) is 0 Å². The van der Waals surface area contributed by atoms with Gasteiger partial charge in [0.05, 0.1) is 12.2 Å². The number of aryl methyl sites for hydroxylation is 1. The molecule has 3 heteroatoms. The first kappa shape index (κ1) is 9.06. The van der Waals surface area contributed by atoms with Gasteiger partial charge in [0.2, 0.25) is 0 Å². The van der Waals surface area contributed by atoms with Crippen LogP contribution in [0, 0.1) is 13.8 Å². The number of Topliss-reactive ketones (excluding diaryl/α,β-unsaturated/α-hetero) is 1. The molecule has 2 rings (SSSR count). The zero-order chi connectivity index (χ0) is 10.3. The lowest BCUT2D eigenvalue weighted by Crippen LogP contribution is -2.16. The highest BCUT2D eigenvalue weighted by molar-refractivity contribution is 6.00. The molecule has 1 aliphatic heterocycles. The number of rotatable bonds is 0. The Labute approximate surface area is 82.3 Å². The summed E-state index contributed by atoms with van der Waals surface area (Å²) in [6.45, 7) is 3.96. The van der Waals surface area contributed by atoms with E-state index in [9.17, 15) is 9.90 Å². The van der Waals surface area contributed by atoms with E-state index in [-0.39, 0.29) is 11.5 Å². The topological polar surface area (TPSA) is 46.5 Å². The van der Waals surface area contributed by atoms with E-state index >= 15 is 0 Å². The summed E-state index contributed by atoms with van der Waals surface area (Å²) in [7, 11) is 0. The summed E-state index contributed by atoms with van der Waals surface area (Å²) < 4.78 is 5.38. The SMILES string of the molecule is Cc1cc2c(c(C)c1O)OCCC2=O. The third-order valence-corrected chi connectivity index (χ3v) is 2.55. The smallest absolute Gasteiger partial charge is 0.170 e. The van der Waals surface area contributed by atoms with Gasteiger partial charge in [-0.1, -0.05) is 0 Å². The lowest BCUT2D eigenvalue weighted by molar-refractivity contribution is 0.0932. The maximum atomic E-state index is 11.5. The van der Waals surface area contributed by atoms with Gasteiger partial charge in [-0.3, -0.25) is 4.79 Å². The lowest BCUT2D eigenvalue weighted by atomic mass is 9.98. The number of ketones is 1. The molecule has 0 radical (unpaired) electrons. The molecule has 0 atom stereocenters. The Bertz CT molecular complexity index is 407. The van der Waals surface area contributed by atoms with E-state index in [0.29, 0.717) is 29.9 Å². The zero-order valence-electron chi connectivity index (χ0n) is 8.26. The van der Waals surface area contributed by atoms with Crippen molar-refractivity contribution in [3.63, 3.8) is 0 Å². The second-order valence-electron chi connectivity index (χ2n) is 3.57. The van der Waals surface area contributed by atoms with Crippen LogP contribution in [-0.4, -0.2) is 17.5 Å². The third kappa shape index (κ3) is 1.16. The first-order chi connectivity index (χ1) is 6.61. The maximum Gasteiger partial charge on any atom is 0.170 e. The van der Waals surface area contributed by atoms with Crippen molar-refractivity contribution in [1.82, 2.24) is 0 Å². The van der Waals surface area contributed by atoms with Crippen molar-refractivity contribution in [2.75, 3.05) is 6.61 Å². The van der Waals surface area contributed by atoms with Crippen molar-refractivity contribution in [3.05, 3.63) is 22.8 Å². The predicted octanol–water partition coefficient (Wildman–Crippen LogP) is 1.97.